The van der Waals surface area contributed by atoms with Crippen molar-refractivity contribution in [2.45, 2.75) is 25.8 Å². The Labute approximate surface area is 160 Å². The van der Waals surface area contributed by atoms with Crippen LogP contribution in [0.15, 0.2) is 53.2 Å². The number of likely N-dealkylation sites (tertiary alicyclic amines) is 1. The maximum Gasteiger partial charge on any atom is 0.139 e. The third-order valence-corrected chi connectivity index (χ3v) is 5.56. The molecule has 0 aliphatic carbocycles. The van der Waals surface area contributed by atoms with Crippen LogP contribution in [0.25, 0.3) is 11.0 Å². The Balaban J connectivity index is 1.48. The Hall–Kier alpha value is -2.24. The van der Waals surface area contributed by atoms with Gasteiger partial charge < -0.3 is 4.90 Å². The molecule has 0 N–H and O–H groups in total. The van der Waals surface area contributed by atoms with Gasteiger partial charge in [0.05, 0.1) is 0 Å². The maximum absolute atomic E-state index is 4.96. The number of nitrogens with zero attached hydrogens (tertiary/aromatic N) is 4. The molecule has 4 rings (SSSR count). The molecule has 1 saturated heterocycles. The van der Waals surface area contributed by atoms with E-state index in [-0.39, 0.29) is 0 Å². The summed E-state index contributed by atoms with van der Waals surface area (Å²) >= 11 is 0. The van der Waals surface area contributed by atoms with Crippen molar-refractivity contribution in [3.05, 3.63) is 59.7 Å². The van der Waals surface area contributed by atoms with E-state index in [2.05, 4.69) is 63.6 Å². The SMILES string of the molecule is CN1CCCC(CN(CCc2ccccc2)Cc2cccc3nonc23)C1. The van der Waals surface area contributed by atoms with Gasteiger partial charge in [-0.25, -0.2) is 4.63 Å². The fourth-order valence-electron chi connectivity index (χ4n) is 4.18. The lowest BCUT2D eigenvalue weighted by atomic mass is 9.97. The van der Waals surface area contributed by atoms with Crippen LogP contribution in [-0.4, -0.2) is 53.3 Å². The van der Waals surface area contributed by atoms with E-state index in [0.29, 0.717) is 0 Å². The predicted molar refractivity (Wildman–Crippen MR) is 107 cm³/mol. The minimum absolute atomic E-state index is 0.731. The van der Waals surface area contributed by atoms with Crippen LogP contribution in [0.4, 0.5) is 0 Å². The van der Waals surface area contributed by atoms with Crippen molar-refractivity contribution >= 4 is 11.0 Å². The zero-order valence-corrected chi connectivity index (χ0v) is 16.1. The lowest BCUT2D eigenvalue weighted by molar-refractivity contribution is 0.148. The van der Waals surface area contributed by atoms with Crippen LogP contribution < -0.4 is 0 Å². The summed E-state index contributed by atoms with van der Waals surface area (Å²) in [5.41, 5.74) is 4.33. The van der Waals surface area contributed by atoms with Crippen LogP contribution in [0, 0.1) is 5.92 Å². The number of benzene rings is 2. The topological polar surface area (TPSA) is 45.4 Å². The van der Waals surface area contributed by atoms with Gasteiger partial charge in [-0.2, -0.15) is 0 Å². The number of rotatable bonds is 7. The molecule has 142 valence electrons. The first kappa shape index (κ1) is 18.1. The summed E-state index contributed by atoms with van der Waals surface area (Å²) in [6.07, 6.45) is 3.69. The number of piperidine rings is 1. The van der Waals surface area contributed by atoms with Crippen molar-refractivity contribution in [1.29, 1.82) is 0 Å². The Bertz CT molecular complexity index is 848. The first-order chi connectivity index (χ1) is 13.3. The van der Waals surface area contributed by atoms with Crippen molar-refractivity contribution in [2.24, 2.45) is 5.92 Å². The molecule has 0 spiro atoms. The third kappa shape index (κ3) is 4.73. The number of hydrogen-bond acceptors (Lipinski definition) is 5. The van der Waals surface area contributed by atoms with E-state index in [0.717, 1.165) is 43.0 Å². The van der Waals surface area contributed by atoms with Gasteiger partial charge in [-0.05, 0) is 66.3 Å². The normalized spacial score (nSPS) is 18.4. The smallest absolute Gasteiger partial charge is 0.139 e. The summed E-state index contributed by atoms with van der Waals surface area (Å²) < 4.78 is 4.96. The lowest BCUT2D eigenvalue weighted by Gasteiger charge is -2.34. The average molecular weight is 364 g/mol. The van der Waals surface area contributed by atoms with Gasteiger partial charge in [-0.3, -0.25) is 4.90 Å². The van der Waals surface area contributed by atoms with E-state index in [4.69, 9.17) is 4.63 Å². The highest BCUT2D eigenvalue weighted by Crippen LogP contribution is 2.21. The van der Waals surface area contributed by atoms with E-state index in [1.165, 1.54) is 37.1 Å². The van der Waals surface area contributed by atoms with Gasteiger partial charge >= 0.3 is 0 Å². The van der Waals surface area contributed by atoms with Crippen molar-refractivity contribution in [3.8, 4) is 0 Å². The Kier molecular flexibility index (Phi) is 5.80. The van der Waals surface area contributed by atoms with Crippen molar-refractivity contribution in [1.82, 2.24) is 20.1 Å². The van der Waals surface area contributed by atoms with Crippen molar-refractivity contribution < 1.29 is 4.63 Å². The van der Waals surface area contributed by atoms with Crippen molar-refractivity contribution in [2.75, 3.05) is 33.2 Å². The molecule has 5 nitrogen and oxygen atoms in total. The molecule has 0 radical (unpaired) electrons. The molecule has 1 fully saturated rings. The van der Waals surface area contributed by atoms with E-state index < -0.39 is 0 Å². The minimum Gasteiger partial charge on any atom is -0.306 e. The van der Waals surface area contributed by atoms with E-state index in [9.17, 15) is 0 Å². The molecule has 2 aromatic carbocycles. The van der Waals surface area contributed by atoms with Gasteiger partial charge in [0.1, 0.15) is 11.0 Å². The Morgan fingerprint density at radius 3 is 2.85 bits per heavy atom. The minimum atomic E-state index is 0.731. The third-order valence-electron chi connectivity index (χ3n) is 5.56. The summed E-state index contributed by atoms with van der Waals surface area (Å²) in [5, 5.41) is 8.12. The molecular weight excluding hydrogens is 336 g/mol. The second-order valence-corrected chi connectivity index (χ2v) is 7.79. The summed E-state index contributed by atoms with van der Waals surface area (Å²) in [5.74, 6) is 0.731. The second kappa shape index (κ2) is 8.63. The highest BCUT2D eigenvalue weighted by Gasteiger charge is 2.21. The van der Waals surface area contributed by atoms with E-state index >= 15 is 0 Å². The number of aromatic nitrogens is 2. The Morgan fingerprint density at radius 2 is 2.00 bits per heavy atom. The van der Waals surface area contributed by atoms with Gasteiger partial charge in [-0.1, -0.05) is 42.5 Å². The fraction of sp³-hybridized carbons (Fsp3) is 0.455. The average Bonchev–Trinajstić information content (AvgIpc) is 3.17. The quantitative estimate of drug-likeness (QED) is 0.641. The number of fused-ring (bicyclic) bond motifs is 1. The molecule has 1 unspecified atom stereocenters. The van der Waals surface area contributed by atoms with Gasteiger partial charge in [0.2, 0.25) is 0 Å². The van der Waals surface area contributed by atoms with Crippen LogP contribution in [0.3, 0.4) is 0 Å². The molecule has 2 heterocycles. The van der Waals surface area contributed by atoms with E-state index in [1.807, 2.05) is 12.1 Å². The van der Waals surface area contributed by atoms with Crippen molar-refractivity contribution in [3.63, 3.8) is 0 Å². The lowest BCUT2D eigenvalue weighted by Crippen LogP contribution is -2.39. The molecule has 0 amide bonds. The van der Waals surface area contributed by atoms with Gasteiger partial charge in [0.25, 0.3) is 0 Å². The maximum atomic E-state index is 4.96. The number of hydrogen-bond donors (Lipinski definition) is 0. The monoisotopic (exact) mass is 364 g/mol. The molecule has 1 aliphatic rings. The van der Waals surface area contributed by atoms with Crippen LogP contribution in [-0.2, 0) is 13.0 Å². The standard InChI is InChI=1S/C22H28N4O/c1-25-13-6-9-19(15-25)16-26(14-12-18-7-3-2-4-8-18)17-20-10-5-11-21-22(20)24-27-23-21/h2-5,7-8,10-11,19H,6,9,12-17H2,1H3. The molecule has 1 aromatic heterocycles. The largest absolute Gasteiger partial charge is 0.306 e. The van der Waals surface area contributed by atoms with E-state index in [1.54, 1.807) is 0 Å². The van der Waals surface area contributed by atoms with Gasteiger partial charge in [-0.15, -0.1) is 0 Å². The fourth-order valence-corrected chi connectivity index (χ4v) is 4.18. The molecule has 3 aromatic rings. The predicted octanol–water partition coefficient (Wildman–Crippen LogP) is 3.61. The molecule has 5 heteroatoms. The molecular formula is C22H28N4O. The summed E-state index contributed by atoms with van der Waals surface area (Å²) in [7, 11) is 2.24. The molecule has 0 saturated carbocycles. The molecule has 0 bridgehead atoms. The van der Waals surface area contributed by atoms with Crippen LogP contribution >= 0.6 is 0 Å². The second-order valence-electron chi connectivity index (χ2n) is 7.79. The zero-order valence-electron chi connectivity index (χ0n) is 16.1. The molecule has 1 atom stereocenters. The van der Waals surface area contributed by atoms with Gasteiger partial charge in [0, 0.05) is 26.2 Å². The summed E-state index contributed by atoms with van der Waals surface area (Å²) in [4.78, 5) is 5.05. The first-order valence-corrected chi connectivity index (χ1v) is 9.93. The first-order valence-electron chi connectivity index (χ1n) is 9.93. The summed E-state index contributed by atoms with van der Waals surface area (Å²) in [6.45, 7) is 5.48. The zero-order chi connectivity index (χ0) is 18.5. The highest BCUT2D eigenvalue weighted by molar-refractivity contribution is 5.76. The van der Waals surface area contributed by atoms with Crippen LogP contribution in [0.2, 0.25) is 0 Å². The highest BCUT2D eigenvalue weighted by atomic mass is 16.6. The summed E-state index contributed by atoms with van der Waals surface area (Å²) in [6, 6.07) is 16.9. The van der Waals surface area contributed by atoms with Gasteiger partial charge in [0.15, 0.2) is 0 Å². The molecule has 1 aliphatic heterocycles. The Morgan fingerprint density at radius 1 is 1.11 bits per heavy atom. The van der Waals surface area contributed by atoms with Crippen LogP contribution in [0.5, 0.6) is 0 Å². The van der Waals surface area contributed by atoms with Crippen LogP contribution in [0.1, 0.15) is 24.0 Å². The molecule has 27 heavy (non-hydrogen) atoms.